The van der Waals surface area contributed by atoms with E-state index in [4.69, 9.17) is 10.5 Å². The molecule has 20 heavy (non-hydrogen) atoms. The van der Waals surface area contributed by atoms with Gasteiger partial charge in [0.15, 0.2) is 5.84 Å². The van der Waals surface area contributed by atoms with Crippen molar-refractivity contribution in [2.75, 3.05) is 6.61 Å². The maximum Gasteiger partial charge on any atom is 0.159 e. The molecular weight excluding hydrogens is 250 g/mol. The lowest BCUT2D eigenvalue weighted by atomic mass is 9.96. The fraction of sp³-hybridized carbons (Fsp3) is 0.500. The summed E-state index contributed by atoms with van der Waals surface area (Å²) in [5.74, 6) is 1.52. The van der Waals surface area contributed by atoms with E-state index in [1.54, 1.807) is 6.92 Å². The van der Waals surface area contributed by atoms with Crippen LogP contribution in [0.2, 0.25) is 0 Å². The molecule has 0 aliphatic carbocycles. The van der Waals surface area contributed by atoms with E-state index in [1.807, 2.05) is 32.0 Å². The summed E-state index contributed by atoms with van der Waals surface area (Å²) in [5, 5.41) is 0. The normalized spacial score (nSPS) is 14.7. The Morgan fingerprint density at radius 3 is 2.45 bits per heavy atom. The van der Waals surface area contributed by atoms with Gasteiger partial charge >= 0.3 is 0 Å². The molecule has 0 heterocycles. The maximum absolute atomic E-state index is 5.73. The zero-order valence-electron chi connectivity index (χ0n) is 13.1. The third kappa shape index (κ3) is 4.78. The van der Waals surface area contributed by atoms with Crippen molar-refractivity contribution >= 4 is 11.7 Å². The number of nitrogens with two attached hydrogens (primary N) is 1. The van der Waals surface area contributed by atoms with Gasteiger partial charge in [-0.2, -0.15) is 0 Å². The Morgan fingerprint density at radius 2 is 1.90 bits per heavy atom. The summed E-state index contributed by atoms with van der Waals surface area (Å²) in [7, 11) is 0. The highest BCUT2D eigenvalue weighted by atomic mass is 16.5. The standard InChI is InChI=1S/C16H25N3O/c1-6-20-13(5)19-16(18-12(4)17)15-10-8-7-9-14(15)11(2)3/h7-11,13H,6H2,1-5H3,(H2,17,18,19). The van der Waals surface area contributed by atoms with E-state index in [2.05, 4.69) is 29.9 Å². The van der Waals surface area contributed by atoms with E-state index in [1.165, 1.54) is 5.56 Å². The third-order valence-corrected chi connectivity index (χ3v) is 2.82. The van der Waals surface area contributed by atoms with E-state index in [9.17, 15) is 0 Å². The van der Waals surface area contributed by atoms with Gasteiger partial charge in [-0.15, -0.1) is 0 Å². The van der Waals surface area contributed by atoms with Gasteiger partial charge in [0, 0.05) is 12.2 Å². The molecule has 0 aliphatic rings. The Bertz CT molecular complexity index is 488. The van der Waals surface area contributed by atoms with E-state index in [0.717, 1.165) is 5.56 Å². The quantitative estimate of drug-likeness (QED) is 0.662. The van der Waals surface area contributed by atoms with Gasteiger partial charge < -0.3 is 10.5 Å². The Hall–Kier alpha value is -1.68. The van der Waals surface area contributed by atoms with Gasteiger partial charge in [0.2, 0.25) is 0 Å². The van der Waals surface area contributed by atoms with Crippen LogP contribution in [0, 0.1) is 0 Å². The second kappa shape index (κ2) is 7.80. The van der Waals surface area contributed by atoms with Crippen LogP contribution in [0.3, 0.4) is 0 Å². The Labute approximate surface area is 121 Å². The number of ether oxygens (including phenoxy) is 1. The molecule has 1 aromatic carbocycles. The number of aliphatic imine (C=N–C) groups is 2. The minimum absolute atomic E-state index is 0.238. The molecule has 0 aliphatic heterocycles. The molecule has 0 saturated heterocycles. The van der Waals surface area contributed by atoms with Gasteiger partial charge in [0.05, 0.1) is 5.84 Å². The summed E-state index contributed by atoms with van der Waals surface area (Å²) in [4.78, 5) is 8.92. The lowest BCUT2D eigenvalue weighted by Crippen LogP contribution is -2.15. The molecule has 4 heteroatoms. The molecule has 1 unspecified atom stereocenters. The average molecular weight is 275 g/mol. The minimum atomic E-state index is -0.238. The lowest BCUT2D eigenvalue weighted by molar-refractivity contribution is 0.0831. The van der Waals surface area contributed by atoms with Crippen molar-refractivity contribution in [2.24, 2.45) is 15.7 Å². The minimum Gasteiger partial charge on any atom is -0.387 e. The number of nitrogens with zero attached hydrogens (tertiary/aromatic N) is 2. The molecule has 0 saturated carbocycles. The van der Waals surface area contributed by atoms with E-state index in [-0.39, 0.29) is 6.23 Å². The molecule has 1 rings (SSSR count). The topological polar surface area (TPSA) is 60.0 Å². The van der Waals surface area contributed by atoms with E-state index in [0.29, 0.717) is 24.2 Å². The summed E-state index contributed by atoms with van der Waals surface area (Å²) >= 11 is 0. The molecule has 0 aromatic heterocycles. The molecule has 110 valence electrons. The highest BCUT2D eigenvalue weighted by molar-refractivity contribution is 6.06. The smallest absolute Gasteiger partial charge is 0.159 e. The number of benzene rings is 1. The van der Waals surface area contributed by atoms with Crippen LogP contribution in [0.5, 0.6) is 0 Å². The fourth-order valence-corrected chi connectivity index (χ4v) is 1.98. The van der Waals surface area contributed by atoms with Crippen LogP contribution in [0.1, 0.15) is 51.7 Å². The number of amidine groups is 2. The number of hydrogen-bond donors (Lipinski definition) is 1. The highest BCUT2D eigenvalue weighted by Gasteiger charge is 2.12. The predicted molar refractivity (Wildman–Crippen MR) is 85.5 cm³/mol. The molecular formula is C16H25N3O. The van der Waals surface area contributed by atoms with Gasteiger partial charge in [0.25, 0.3) is 0 Å². The summed E-state index contributed by atoms with van der Waals surface area (Å²) in [5.41, 5.74) is 7.96. The largest absolute Gasteiger partial charge is 0.387 e. The summed E-state index contributed by atoms with van der Waals surface area (Å²) in [6.45, 7) is 10.5. The van der Waals surface area contributed by atoms with Crippen LogP contribution in [-0.4, -0.2) is 24.5 Å². The van der Waals surface area contributed by atoms with Crippen molar-refractivity contribution in [3.63, 3.8) is 0 Å². The third-order valence-electron chi connectivity index (χ3n) is 2.82. The Kier molecular flexibility index (Phi) is 6.39. The lowest BCUT2D eigenvalue weighted by Gasteiger charge is -2.14. The van der Waals surface area contributed by atoms with Crippen LogP contribution >= 0.6 is 0 Å². The first-order valence-corrected chi connectivity index (χ1v) is 7.05. The molecule has 2 N–H and O–H groups in total. The first kappa shape index (κ1) is 16.4. The summed E-state index contributed by atoms with van der Waals surface area (Å²) in [6.07, 6.45) is -0.238. The van der Waals surface area contributed by atoms with Crippen LogP contribution in [-0.2, 0) is 4.74 Å². The summed E-state index contributed by atoms with van der Waals surface area (Å²) < 4.78 is 5.48. The van der Waals surface area contributed by atoms with Crippen molar-refractivity contribution in [1.82, 2.24) is 0 Å². The fourth-order valence-electron chi connectivity index (χ4n) is 1.98. The first-order valence-electron chi connectivity index (χ1n) is 7.05. The Morgan fingerprint density at radius 1 is 1.25 bits per heavy atom. The van der Waals surface area contributed by atoms with Crippen LogP contribution < -0.4 is 5.73 Å². The zero-order valence-corrected chi connectivity index (χ0v) is 13.1. The second-order valence-electron chi connectivity index (χ2n) is 5.00. The van der Waals surface area contributed by atoms with Crippen molar-refractivity contribution in [2.45, 2.75) is 46.8 Å². The first-order chi connectivity index (χ1) is 9.45. The monoisotopic (exact) mass is 275 g/mol. The number of hydrogen-bond acceptors (Lipinski definition) is 2. The molecule has 0 bridgehead atoms. The average Bonchev–Trinajstić information content (AvgIpc) is 2.37. The number of rotatable bonds is 5. The molecule has 1 aromatic rings. The molecule has 0 spiro atoms. The molecule has 0 radical (unpaired) electrons. The van der Waals surface area contributed by atoms with Gasteiger partial charge in [-0.25, -0.2) is 9.98 Å². The molecule has 0 fully saturated rings. The predicted octanol–water partition coefficient (Wildman–Crippen LogP) is 3.32. The van der Waals surface area contributed by atoms with Gasteiger partial charge in [0.1, 0.15) is 6.23 Å². The van der Waals surface area contributed by atoms with E-state index < -0.39 is 0 Å². The van der Waals surface area contributed by atoms with Gasteiger partial charge in [-0.05, 0) is 32.3 Å². The molecule has 4 nitrogen and oxygen atoms in total. The van der Waals surface area contributed by atoms with Crippen molar-refractivity contribution in [3.8, 4) is 0 Å². The molecule has 0 amide bonds. The second-order valence-corrected chi connectivity index (χ2v) is 5.00. The van der Waals surface area contributed by atoms with Gasteiger partial charge in [-0.1, -0.05) is 38.1 Å². The maximum atomic E-state index is 5.73. The van der Waals surface area contributed by atoms with Crippen molar-refractivity contribution in [3.05, 3.63) is 35.4 Å². The molecule has 1 atom stereocenters. The highest BCUT2D eigenvalue weighted by Crippen LogP contribution is 2.21. The SMILES string of the molecule is CCOC(C)N=C(N=C(C)N)c1ccccc1C(C)C. The van der Waals surface area contributed by atoms with Crippen LogP contribution in [0.25, 0.3) is 0 Å². The van der Waals surface area contributed by atoms with Gasteiger partial charge in [-0.3, -0.25) is 0 Å². The zero-order chi connectivity index (χ0) is 15.1. The van der Waals surface area contributed by atoms with Crippen molar-refractivity contribution in [1.29, 1.82) is 0 Å². The van der Waals surface area contributed by atoms with E-state index >= 15 is 0 Å². The van der Waals surface area contributed by atoms with Crippen LogP contribution in [0.4, 0.5) is 0 Å². The Balaban J connectivity index is 3.28. The van der Waals surface area contributed by atoms with Crippen LogP contribution in [0.15, 0.2) is 34.3 Å². The van der Waals surface area contributed by atoms with Crippen molar-refractivity contribution < 1.29 is 4.74 Å². The summed E-state index contributed by atoms with van der Waals surface area (Å²) in [6, 6.07) is 8.15.